The normalized spacial score (nSPS) is 29.9. The van der Waals surface area contributed by atoms with Crippen LogP contribution in [0.5, 0.6) is 0 Å². The third-order valence-corrected chi connectivity index (χ3v) is 4.95. The first kappa shape index (κ1) is 14.3. The fourth-order valence-electron chi connectivity index (χ4n) is 3.54. The van der Waals surface area contributed by atoms with Crippen LogP contribution in [0.1, 0.15) is 38.5 Å². The minimum atomic E-state index is -0.688. The van der Waals surface area contributed by atoms with Gasteiger partial charge in [0.05, 0.1) is 0 Å². The molecular weight excluding hydrogens is 254 g/mol. The molecule has 5 nitrogen and oxygen atoms in total. The summed E-state index contributed by atoms with van der Waals surface area (Å²) in [6.07, 6.45) is 6.98. The van der Waals surface area contributed by atoms with Crippen LogP contribution in [-0.2, 0) is 4.79 Å². The molecule has 2 atom stereocenters. The second-order valence-corrected chi connectivity index (χ2v) is 6.61. The SMILES string of the molecule is O=C(O)C(CCN1CCC(N2CCCC2)C1)NC1CC1. The molecule has 2 unspecified atom stereocenters. The molecule has 0 radical (unpaired) electrons. The number of hydrogen-bond donors (Lipinski definition) is 2. The Labute approximate surface area is 121 Å². The molecule has 1 saturated carbocycles. The van der Waals surface area contributed by atoms with Crippen molar-refractivity contribution in [1.29, 1.82) is 0 Å². The average Bonchev–Trinajstić information content (AvgIpc) is 2.93. The van der Waals surface area contributed by atoms with Crippen LogP contribution in [0.25, 0.3) is 0 Å². The Morgan fingerprint density at radius 1 is 1.20 bits per heavy atom. The van der Waals surface area contributed by atoms with E-state index in [0.717, 1.165) is 44.9 Å². The van der Waals surface area contributed by atoms with Gasteiger partial charge in [0.2, 0.25) is 0 Å². The fraction of sp³-hybridized carbons (Fsp3) is 0.933. The van der Waals surface area contributed by atoms with Gasteiger partial charge in [-0.1, -0.05) is 0 Å². The second kappa shape index (κ2) is 6.41. The number of carboxylic acid groups (broad SMARTS) is 1. The quantitative estimate of drug-likeness (QED) is 0.721. The van der Waals surface area contributed by atoms with Gasteiger partial charge in [-0.05, 0) is 58.2 Å². The van der Waals surface area contributed by atoms with E-state index in [1.807, 2.05) is 0 Å². The van der Waals surface area contributed by atoms with Crippen LogP contribution >= 0.6 is 0 Å². The summed E-state index contributed by atoms with van der Waals surface area (Å²) < 4.78 is 0. The summed E-state index contributed by atoms with van der Waals surface area (Å²) in [5.41, 5.74) is 0. The first-order chi connectivity index (χ1) is 9.72. The van der Waals surface area contributed by atoms with E-state index in [-0.39, 0.29) is 6.04 Å². The van der Waals surface area contributed by atoms with E-state index < -0.39 is 5.97 Å². The van der Waals surface area contributed by atoms with Crippen molar-refractivity contribution in [3.8, 4) is 0 Å². The maximum Gasteiger partial charge on any atom is 0.320 e. The molecule has 2 aliphatic heterocycles. The predicted molar refractivity (Wildman–Crippen MR) is 77.9 cm³/mol. The van der Waals surface area contributed by atoms with Crippen molar-refractivity contribution < 1.29 is 9.90 Å². The van der Waals surface area contributed by atoms with Crippen LogP contribution < -0.4 is 5.32 Å². The summed E-state index contributed by atoms with van der Waals surface area (Å²) in [6, 6.07) is 0.831. The van der Waals surface area contributed by atoms with Gasteiger partial charge in [-0.15, -0.1) is 0 Å². The number of carbonyl (C=O) groups is 1. The van der Waals surface area contributed by atoms with Gasteiger partial charge in [-0.25, -0.2) is 0 Å². The van der Waals surface area contributed by atoms with E-state index in [9.17, 15) is 9.90 Å². The highest BCUT2D eigenvalue weighted by molar-refractivity contribution is 5.73. The average molecular weight is 281 g/mol. The Morgan fingerprint density at radius 2 is 1.95 bits per heavy atom. The standard InChI is InChI=1S/C15H27N3O2/c19-15(20)14(16-12-3-4-12)6-10-17-9-5-13(11-17)18-7-1-2-8-18/h12-14,16H,1-11H2,(H,19,20). The van der Waals surface area contributed by atoms with E-state index in [2.05, 4.69) is 15.1 Å². The maximum atomic E-state index is 11.3. The lowest BCUT2D eigenvalue weighted by Gasteiger charge is -2.24. The Bertz CT molecular complexity index is 340. The molecule has 2 saturated heterocycles. The Morgan fingerprint density at radius 3 is 2.60 bits per heavy atom. The second-order valence-electron chi connectivity index (χ2n) is 6.61. The fourth-order valence-corrected chi connectivity index (χ4v) is 3.54. The molecule has 0 aromatic carbocycles. The van der Waals surface area contributed by atoms with Crippen LogP contribution in [0.15, 0.2) is 0 Å². The number of nitrogens with one attached hydrogen (secondary N) is 1. The van der Waals surface area contributed by atoms with E-state index in [1.54, 1.807) is 0 Å². The van der Waals surface area contributed by atoms with Gasteiger partial charge in [0.15, 0.2) is 0 Å². The van der Waals surface area contributed by atoms with Gasteiger partial charge in [0.25, 0.3) is 0 Å². The number of carboxylic acids is 1. The molecule has 3 rings (SSSR count). The van der Waals surface area contributed by atoms with Crippen molar-refractivity contribution >= 4 is 5.97 Å². The Hall–Kier alpha value is -0.650. The zero-order valence-electron chi connectivity index (χ0n) is 12.3. The Balaban J connectivity index is 1.40. The molecule has 0 bridgehead atoms. The molecule has 0 spiro atoms. The summed E-state index contributed by atoms with van der Waals surface area (Å²) in [5, 5.41) is 12.5. The minimum Gasteiger partial charge on any atom is -0.480 e. The van der Waals surface area contributed by atoms with Crippen molar-refractivity contribution in [2.24, 2.45) is 0 Å². The molecule has 3 fully saturated rings. The van der Waals surface area contributed by atoms with Crippen LogP contribution in [0, 0.1) is 0 Å². The number of hydrogen-bond acceptors (Lipinski definition) is 4. The van der Waals surface area contributed by atoms with Crippen molar-refractivity contribution in [3.05, 3.63) is 0 Å². The van der Waals surface area contributed by atoms with E-state index in [4.69, 9.17) is 0 Å². The Kier molecular flexibility index (Phi) is 4.58. The molecule has 2 N–H and O–H groups in total. The lowest BCUT2D eigenvalue weighted by atomic mass is 10.2. The lowest BCUT2D eigenvalue weighted by Crippen LogP contribution is -2.41. The highest BCUT2D eigenvalue weighted by Crippen LogP contribution is 2.22. The van der Waals surface area contributed by atoms with Crippen LogP contribution in [0.2, 0.25) is 0 Å². The topological polar surface area (TPSA) is 55.8 Å². The van der Waals surface area contributed by atoms with Gasteiger partial charge in [-0.3, -0.25) is 9.69 Å². The molecular formula is C15H27N3O2. The van der Waals surface area contributed by atoms with Gasteiger partial charge >= 0.3 is 5.97 Å². The molecule has 0 aromatic rings. The largest absolute Gasteiger partial charge is 0.480 e. The van der Waals surface area contributed by atoms with Gasteiger partial charge < -0.3 is 15.3 Å². The van der Waals surface area contributed by atoms with Crippen LogP contribution in [0.3, 0.4) is 0 Å². The summed E-state index contributed by atoms with van der Waals surface area (Å²) in [6.45, 7) is 5.71. The summed E-state index contributed by atoms with van der Waals surface area (Å²) in [4.78, 5) is 16.3. The van der Waals surface area contributed by atoms with E-state index in [0.29, 0.717) is 6.04 Å². The smallest absolute Gasteiger partial charge is 0.320 e. The predicted octanol–water partition coefficient (Wildman–Crippen LogP) is 0.752. The maximum absolute atomic E-state index is 11.3. The monoisotopic (exact) mass is 281 g/mol. The molecule has 0 amide bonds. The van der Waals surface area contributed by atoms with Crippen molar-refractivity contribution in [3.63, 3.8) is 0 Å². The van der Waals surface area contributed by atoms with E-state index >= 15 is 0 Å². The zero-order valence-corrected chi connectivity index (χ0v) is 12.3. The van der Waals surface area contributed by atoms with Crippen molar-refractivity contribution in [2.45, 2.75) is 56.7 Å². The lowest BCUT2D eigenvalue weighted by molar-refractivity contribution is -0.139. The van der Waals surface area contributed by atoms with Crippen LogP contribution in [-0.4, -0.2) is 71.7 Å². The highest BCUT2D eigenvalue weighted by atomic mass is 16.4. The molecule has 114 valence electrons. The zero-order chi connectivity index (χ0) is 13.9. The third kappa shape index (κ3) is 3.71. The molecule has 3 aliphatic rings. The number of likely N-dealkylation sites (tertiary alicyclic amines) is 2. The molecule has 0 aromatic heterocycles. The number of rotatable bonds is 7. The van der Waals surface area contributed by atoms with Crippen molar-refractivity contribution in [1.82, 2.24) is 15.1 Å². The first-order valence-corrected chi connectivity index (χ1v) is 8.17. The molecule has 5 heteroatoms. The highest BCUT2D eigenvalue weighted by Gasteiger charge is 2.31. The van der Waals surface area contributed by atoms with E-state index in [1.165, 1.54) is 32.4 Å². The molecule has 20 heavy (non-hydrogen) atoms. The minimum absolute atomic E-state index is 0.353. The number of nitrogens with zero attached hydrogens (tertiary/aromatic N) is 2. The first-order valence-electron chi connectivity index (χ1n) is 8.17. The molecule has 1 aliphatic carbocycles. The summed E-state index contributed by atoms with van der Waals surface area (Å²) >= 11 is 0. The van der Waals surface area contributed by atoms with Gasteiger partial charge in [0.1, 0.15) is 6.04 Å². The summed E-state index contributed by atoms with van der Waals surface area (Å²) in [7, 11) is 0. The van der Waals surface area contributed by atoms with Crippen molar-refractivity contribution in [2.75, 3.05) is 32.7 Å². The van der Waals surface area contributed by atoms with Gasteiger partial charge in [0, 0.05) is 25.2 Å². The summed E-state index contributed by atoms with van der Waals surface area (Å²) in [5.74, 6) is -0.688. The number of aliphatic carboxylic acids is 1. The van der Waals surface area contributed by atoms with Crippen LogP contribution in [0.4, 0.5) is 0 Å². The molecule has 2 heterocycles. The van der Waals surface area contributed by atoms with Gasteiger partial charge in [-0.2, -0.15) is 0 Å². The third-order valence-electron chi connectivity index (χ3n) is 4.95.